The summed E-state index contributed by atoms with van der Waals surface area (Å²) < 4.78 is 10.6. The SMILES string of the molecule is COc1ccc(-c2cc3cc(C)nc(C)c3c(=O)o2)cc1. The van der Waals surface area contributed by atoms with Crippen LogP contribution in [0.3, 0.4) is 0 Å². The lowest BCUT2D eigenvalue weighted by Crippen LogP contribution is -2.04. The minimum atomic E-state index is -0.358. The topological polar surface area (TPSA) is 52.3 Å². The van der Waals surface area contributed by atoms with Crippen molar-refractivity contribution in [3.63, 3.8) is 0 Å². The molecule has 0 amide bonds. The van der Waals surface area contributed by atoms with Gasteiger partial charge in [0, 0.05) is 11.3 Å². The molecule has 0 N–H and O–H groups in total. The van der Waals surface area contributed by atoms with E-state index in [1.54, 1.807) is 7.11 Å². The quantitative estimate of drug-likeness (QED) is 0.721. The summed E-state index contributed by atoms with van der Waals surface area (Å²) in [7, 11) is 1.61. The van der Waals surface area contributed by atoms with E-state index in [4.69, 9.17) is 9.15 Å². The molecule has 2 heterocycles. The number of pyridine rings is 1. The fourth-order valence-corrected chi connectivity index (χ4v) is 2.46. The molecule has 0 saturated carbocycles. The summed E-state index contributed by atoms with van der Waals surface area (Å²) in [6.45, 7) is 3.73. The highest BCUT2D eigenvalue weighted by molar-refractivity contribution is 5.86. The molecule has 0 aliphatic carbocycles. The van der Waals surface area contributed by atoms with E-state index in [0.29, 0.717) is 16.8 Å². The van der Waals surface area contributed by atoms with Gasteiger partial charge in [0.25, 0.3) is 0 Å². The van der Waals surface area contributed by atoms with E-state index in [1.165, 1.54) is 0 Å². The molecule has 3 rings (SSSR count). The number of hydrogen-bond donors (Lipinski definition) is 0. The van der Waals surface area contributed by atoms with Crippen LogP contribution in [0.4, 0.5) is 0 Å². The van der Waals surface area contributed by atoms with Gasteiger partial charge in [0.1, 0.15) is 11.5 Å². The molecular formula is C17H15NO3. The van der Waals surface area contributed by atoms with Crippen LogP contribution in [-0.4, -0.2) is 12.1 Å². The maximum Gasteiger partial charge on any atom is 0.346 e. The van der Waals surface area contributed by atoms with Crippen molar-refractivity contribution in [1.82, 2.24) is 4.98 Å². The third-order valence-electron chi connectivity index (χ3n) is 3.43. The maximum atomic E-state index is 12.2. The molecule has 0 aliphatic rings. The number of fused-ring (bicyclic) bond motifs is 1. The summed E-state index contributed by atoms with van der Waals surface area (Å²) >= 11 is 0. The Kier molecular flexibility index (Phi) is 3.22. The first kappa shape index (κ1) is 13.4. The van der Waals surface area contributed by atoms with Gasteiger partial charge in [-0.05, 0) is 55.6 Å². The van der Waals surface area contributed by atoms with Crippen molar-refractivity contribution in [2.75, 3.05) is 7.11 Å². The van der Waals surface area contributed by atoms with Crippen LogP contribution in [0.15, 0.2) is 45.6 Å². The van der Waals surface area contributed by atoms with Gasteiger partial charge < -0.3 is 9.15 Å². The molecule has 1 aromatic carbocycles. The summed E-state index contributed by atoms with van der Waals surface area (Å²) in [5.41, 5.74) is 2.05. The van der Waals surface area contributed by atoms with Gasteiger partial charge in [-0.15, -0.1) is 0 Å². The molecule has 3 aromatic rings. The molecule has 106 valence electrons. The van der Waals surface area contributed by atoms with Crippen molar-refractivity contribution in [2.45, 2.75) is 13.8 Å². The second-order valence-corrected chi connectivity index (χ2v) is 4.94. The fourth-order valence-electron chi connectivity index (χ4n) is 2.46. The van der Waals surface area contributed by atoms with Gasteiger partial charge in [0.15, 0.2) is 0 Å². The zero-order valence-electron chi connectivity index (χ0n) is 12.1. The van der Waals surface area contributed by atoms with E-state index in [0.717, 1.165) is 22.4 Å². The van der Waals surface area contributed by atoms with Gasteiger partial charge in [-0.2, -0.15) is 0 Å². The van der Waals surface area contributed by atoms with E-state index >= 15 is 0 Å². The zero-order chi connectivity index (χ0) is 15.0. The smallest absolute Gasteiger partial charge is 0.346 e. The van der Waals surface area contributed by atoms with Crippen LogP contribution < -0.4 is 10.4 Å². The summed E-state index contributed by atoms with van der Waals surface area (Å²) in [4.78, 5) is 16.5. The molecule has 0 radical (unpaired) electrons. The number of benzene rings is 1. The molecule has 0 unspecified atom stereocenters. The fraction of sp³-hybridized carbons (Fsp3) is 0.176. The molecule has 2 aromatic heterocycles. The number of ether oxygens (including phenoxy) is 1. The average molecular weight is 281 g/mol. The van der Waals surface area contributed by atoms with Crippen LogP contribution in [-0.2, 0) is 0 Å². The Bertz CT molecular complexity index is 864. The summed E-state index contributed by atoms with van der Waals surface area (Å²) in [5, 5.41) is 1.39. The molecular weight excluding hydrogens is 266 g/mol. The highest BCUT2D eigenvalue weighted by Gasteiger charge is 2.10. The maximum absolute atomic E-state index is 12.2. The van der Waals surface area contributed by atoms with E-state index in [9.17, 15) is 4.79 Å². The van der Waals surface area contributed by atoms with Crippen LogP contribution in [0.5, 0.6) is 5.75 Å². The minimum absolute atomic E-state index is 0.358. The largest absolute Gasteiger partial charge is 0.497 e. The van der Waals surface area contributed by atoms with Crippen LogP contribution in [0.2, 0.25) is 0 Å². The van der Waals surface area contributed by atoms with Crippen LogP contribution in [0, 0.1) is 13.8 Å². The zero-order valence-corrected chi connectivity index (χ0v) is 12.1. The van der Waals surface area contributed by atoms with Crippen LogP contribution in [0.1, 0.15) is 11.4 Å². The van der Waals surface area contributed by atoms with Gasteiger partial charge in [-0.25, -0.2) is 4.79 Å². The lowest BCUT2D eigenvalue weighted by Gasteiger charge is -2.06. The highest BCUT2D eigenvalue weighted by Crippen LogP contribution is 2.25. The minimum Gasteiger partial charge on any atom is -0.497 e. The van der Waals surface area contributed by atoms with Crippen molar-refractivity contribution < 1.29 is 9.15 Å². The molecule has 0 fully saturated rings. The van der Waals surface area contributed by atoms with Gasteiger partial charge in [0.2, 0.25) is 0 Å². The standard InChI is InChI=1S/C17H15NO3/c1-10-8-13-9-15(12-4-6-14(20-3)7-5-12)21-17(19)16(13)11(2)18-10/h4-9H,1-3H3. The first-order valence-electron chi connectivity index (χ1n) is 6.65. The lowest BCUT2D eigenvalue weighted by atomic mass is 10.1. The Balaban J connectivity index is 2.22. The molecule has 21 heavy (non-hydrogen) atoms. The number of methoxy groups -OCH3 is 1. The number of hydrogen-bond acceptors (Lipinski definition) is 4. The second kappa shape index (κ2) is 5.05. The van der Waals surface area contributed by atoms with Gasteiger partial charge >= 0.3 is 5.63 Å². The lowest BCUT2D eigenvalue weighted by molar-refractivity contribution is 0.415. The van der Waals surface area contributed by atoms with E-state index in [-0.39, 0.29) is 5.63 Å². The predicted octanol–water partition coefficient (Wildman–Crippen LogP) is 3.48. The Morgan fingerprint density at radius 2 is 1.81 bits per heavy atom. The molecule has 4 heteroatoms. The normalized spacial score (nSPS) is 10.8. The average Bonchev–Trinajstić information content (AvgIpc) is 2.46. The van der Waals surface area contributed by atoms with E-state index < -0.39 is 0 Å². The van der Waals surface area contributed by atoms with Gasteiger partial charge in [0.05, 0.1) is 18.2 Å². The van der Waals surface area contributed by atoms with Gasteiger partial charge in [-0.3, -0.25) is 4.98 Å². The Morgan fingerprint density at radius 3 is 2.48 bits per heavy atom. The first-order valence-corrected chi connectivity index (χ1v) is 6.65. The number of rotatable bonds is 2. The predicted molar refractivity (Wildman–Crippen MR) is 81.7 cm³/mol. The van der Waals surface area contributed by atoms with Crippen molar-refractivity contribution in [3.8, 4) is 17.1 Å². The van der Waals surface area contributed by atoms with Crippen LogP contribution >= 0.6 is 0 Å². The van der Waals surface area contributed by atoms with Crippen molar-refractivity contribution in [2.24, 2.45) is 0 Å². The Morgan fingerprint density at radius 1 is 1.10 bits per heavy atom. The highest BCUT2D eigenvalue weighted by atomic mass is 16.5. The molecule has 0 spiro atoms. The first-order chi connectivity index (χ1) is 10.1. The molecule has 0 aliphatic heterocycles. The van der Waals surface area contributed by atoms with Crippen molar-refractivity contribution in [1.29, 1.82) is 0 Å². The second-order valence-electron chi connectivity index (χ2n) is 4.94. The monoisotopic (exact) mass is 281 g/mol. The summed E-state index contributed by atoms with van der Waals surface area (Å²) in [6, 6.07) is 11.2. The number of aryl methyl sites for hydroxylation is 2. The molecule has 4 nitrogen and oxygen atoms in total. The third-order valence-corrected chi connectivity index (χ3v) is 3.43. The van der Waals surface area contributed by atoms with Crippen molar-refractivity contribution in [3.05, 3.63) is 58.2 Å². The van der Waals surface area contributed by atoms with E-state index in [1.807, 2.05) is 50.2 Å². The number of aromatic nitrogens is 1. The van der Waals surface area contributed by atoms with Crippen molar-refractivity contribution >= 4 is 10.8 Å². The number of nitrogens with zero attached hydrogens (tertiary/aromatic N) is 1. The molecule has 0 saturated heterocycles. The summed E-state index contributed by atoms with van der Waals surface area (Å²) in [5.74, 6) is 1.30. The van der Waals surface area contributed by atoms with Gasteiger partial charge in [-0.1, -0.05) is 0 Å². The van der Waals surface area contributed by atoms with E-state index in [2.05, 4.69) is 4.98 Å². The Labute approximate surface area is 122 Å². The summed E-state index contributed by atoms with van der Waals surface area (Å²) in [6.07, 6.45) is 0. The third kappa shape index (κ3) is 2.40. The molecule has 0 bridgehead atoms. The Hall–Kier alpha value is -2.62. The van der Waals surface area contributed by atoms with Crippen LogP contribution in [0.25, 0.3) is 22.1 Å². The molecule has 0 atom stereocenters.